The number of rotatable bonds is 4. The van der Waals surface area contributed by atoms with Crippen molar-refractivity contribution in [1.82, 2.24) is 14.7 Å². The van der Waals surface area contributed by atoms with Crippen molar-refractivity contribution >= 4 is 11.9 Å². The Morgan fingerprint density at radius 2 is 1.86 bits per heavy atom. The molecule has 0 bridgehead atoms. The zero-order valence-corrected chi connectivity index (χ0v) is 16.5. The molecule has 6 nitrogen and oxygen atoms in total. The van der Waals surface area contributed by atoms with Gasteiger partial charge < -0.3 is 10.0 Å². The number of aliphatic carboxylic acids is 1. The number of carbonyl (C=O) groups is 2. The highest BCUT2D eigenvalue weighted by Gasteiger charge is 2.47. The summed E-state index contributed by atoms with van der Waals surface area (Å²) in [6.45, 7) is 3.88. The number of para-hydroxylation sites is 1. The predicted octanol–water partition coefficient (Wildman–Crippen LogP) is 3.28. The molecule has 1 amide bonds. The van der Waals surface area contributed by atoms with Crippen LogP contribution in [0.1, 0.15) is 49.1 Å². The van der Waals surface area contributed by atoms with Crippen LogP contribution in [0, 0.1) is 19.8 Å². The zero-order chi connectivity index (χ0) is 19.8. The lowest BCUT2D eigenvalue weighted by Gasteiger charge is -2.33. The summed E-state index contributed by atoms with van der Waals surface area (Å²) < 4.78 is 1.86. The van der Waals surface area contributed by atoms with Gasteiger partial charge in [0.1, 0.15) is 6.04 Å². The summed E-state index contributed by atoms with van der Waals surface area (Å²) in [5, 5.41) is 14.3. The zero-order valence-electron chi connectivity index (χ0n) is 16.5. The lowest BCUT2D eigenvalue weighted by Crippen LogP contribution is -2.47. The number of likely N-dealkylation sites (tertiary alicyclic amines) is 1. The number of aromatic nitrogens is 2. The van der Waals surface area contributed by atoms with Crippen molar-refractivity contribution < 1.29 is 14.7 Å². The van der Waals surface area contributed by atoms with E-state index in [9.17, 15) is 14.7 Å². The van der Waals surface area contributed by atoms with Gasteiger partial charge in [-0.15, -0.1) is 0 Å². The highest BCUT2D eigenvalue weighted by Crippen LogP contribution is 2.40. The van der Waals surface area contributed by atoms with Crippen molar-refractivity contribution in [2.75, 3.05) is 0 Å². The Kier molecular flexibility index (Phi) is 4.96. The van der Waals surface area contributed by atoms with Gasteiger partial charge in [-0.05, 0) is 51.2 Å². The third-order valence-electron chi connectivity index (χ3n) is 6.43. The molecule has 2 aromatic rings. The highest BCUT2D eigenvalue weighted by atomic mass is 16.4. The average molecular weight is 381 g/mol. The molecule has 1 N–H and O–H groups in total. The summed E-state index contributed by atoms with van der Waals surface area (Å²) in [5.74, 6) is -0.634. The van der Waals surface area contributed by atoms with E-state index in [0.29, 0.717) is 12.3 Å². The van der Waals surface area contributed by atoms with E-state index in [4.69, 9.17) is 0 Å². The SMILES string of the molecule is Cc1nn(-c2ccccc2)c(C)c1CC(=O)N1C(C(=O)O)CC2CCCCC21. The van der Waals surface area contributed by atoms with E-state index in [1.807, 2.05) is 48.9 Å². The summed E-state index contributed by atoms with van der Waals surface area (Å²) in [5.41, 5.74) is 3.61. The molecule has 1 aromatic heterocycles. The number of nitrogens with zero attached hydrogens (tertiary/aromatic N) is 3. The van der Waals surface area contributed by atoms with Crippen LogP contribution in [0.25, 0.3) is 5.69 Å². The average Bonchev–Trinajstić information content (AvgIpc) is 3.22. The van der Waals surface area contributed by atoms with Crippen LogP contribution in [-0.2, 0) is 16.0 Å². The topological polar surface area (TPSA) is 75.4 Å². The van der Waals surface area contributed by atoms with Gasteiger partial charge in [0, 0.05) is 17.3 Å². The summed E-state index contributed by atoms with van der Waals surface area (Å²) >= 11 is 0. The monoisotopic (exact) mass is 381 g/mol. The number of carbonyl (C=O) groups excluding carboxylic acids is 1. The van der Waals surface area contributed by atoms with E-state index in [1.165, 1.54) is 0 Å². The number of amides is 1. The van der Waals surface area contributed by atoms with Crippen LogP contribution in [0.2, 0.25) is 0 Å². The second-order valence-electron chi connectivity index (χ2n) is 8.08. The largest absolute Gasteiger partial charge is 0.480 e. The number of fused-ring (bicyclic) bond motifs is 1. The molecule has 3 atom stereocenters. The third-order valence-corrected chi connectivity index (χ3v) is 6.43. The summed E-state index contributed by atoms with van der Waals surface area (Å²) in [7, 11) is 0. The Bertz CT molecular complexity index is 890. The van der Waals surface area contributed by atoms with Crippen molar-refractivity contribution in [2.24, 2.45) is 5.92 Å². The quantitative estimate of drug-likeness (QED) is 0.882. The van der Waals surface area contributed by atoms with Gasteiger partial charge in [-0.25, -0.2) is 9.48 Å². The predicted molar refractivity (Wildman–Crippen MR) is 105 cm³/mol. The standard InChI is InChI=1S/C22H27N3O3/c1-14-18(15(2)25(23-14)17-9-4-3-5-10-17)13-21(26)24-19-11-7-6-8-16(19)12-20(24)22(27)28/h3-5,9-10,16,19-20H,6-8,11-13H2,1-2H3,(H,27,28). The second kappa shape index (κ2) is 7.41. The molecule has 1 aliphatic heterocycles. The summed E-state index contributed by atoms with van der Waals surface area (Å²) in [6, 6.07) is 9.23. The molecule has 1 aliphatic carbocycles. The molecule has 2 aliphatic rings. The first-order valence-electron chi connectivity index (χ1n) is 10.1. The third kappa shape index (κ3) is 3.21. The summed E-state index contributed by atoms with van der Waals surface area (Å²) in [6.07, 6.45) is 4.95. The van der Waals surface area contributed by atoms with Gasteiger partial charge in [0.15, 0.2) is 0 Å². The molecule has 6 heteroatoms. The van der Waals surface area contributed by atoms with Gasteiger partial charge in [0.25, 0.3) is 0 Å². The fourth-order valence-electron chi connectivity index (χ4n) is 5.03. The van der Waals surface area contributed by atoms with Crippen LogP contribution in [0.4, 0.5) is 0 Å². The molecule has 28 heavy (non-hydrogen) atoms. The van der Waals surface area contributed by atoms with Crippen molar-refractivity contribution in [1.29, 1.82) is 0 Å². The van der Waals surface area contributed by atoms with Crippen molar-refractivity contribution in [3.05, 3.63) is 47.3 Å². The Hall–Kier alpha value is -2.63. The lowest BCUT2D eigenvalue weighted by molar-refractivity contribution is -0.149. The second-order valence-corrected chi connectivity index (χ2v) is 8.08. The number of hydrogen-bond acceptors (Lipinski definition) is 3. The Morgan fingerprint density at radius 1 is 1.14 bits per heavy atom. The van der Waals surface area contributed by atoms with E-state index in [2.05, 4.69) is 5.10 Å². The van der Waals surface area contributed by atoms with Crippen LogP contribution in [0.15, 0.2) is 30.3 Å². The molecular formula is C22H27N3O3. The normalized spacial score (nSPS) is 24.2. The van der Waals surface area contributed by atoms with Gasteiger partial charge in [-0.2, -0.15) is 5.10 Å². The first kappa shape index (κ1) is 18.7. The van der Waals surface area contributed by atoms with Crippen LogP contribution < -0.4 is 0 Å². The minimum atomic E-state index is -0.879. The molecule has 1 saturated heterocycles. The van der Waals surface area contributed by atoms with E-state index in [0.717, 1.165) is 48.3 Å². The number of benzene rings is 1. The Morgan fingerprint density at radius 3 is 2.57 bits per heavy atom. The van der Waals surface area contributed by atoms with E-state index >= 15 is 0 Å². The van der Waals surface area contributed by atoms with Gasteiger partial charge in [0.2, 0.25) is 5.91 Å². The molecule has 4 rings (SSSR count). The minimum absolute atomic E-state index is 0.0760. The molecule has 1 saturated carbocycles. The molecular weight excluding hydrogens is 354 g/mol. The van der Waals surface area contributed by atoms with Gasteiger partial charge in [0.05, 0.1) is 17.8 Å². The smallest absolute Gasteiger partial charge is 0.326 e. The van der Waals surface area contributed by atoms with Crippen LogP contribution in [0.5, 0.6) is 0 Å². The maximum absolute atomic E-state index is 13.3. The fraction of sp³-hybridized carbons (Fsp3) is 0.500. The lowest BCUT2D eigenvalue weighted by atomic mass is 9.84. The van der Waals surface area contributed by atoms with E-state index in [1.54, 1.807) is 4.90 Å². The Balaban J connectivity index is 1.61. The van der Waals surface area contributed by atoms with Gasteiger partial charge in [-0.1, -0.05) is 31.0 Å². The number of aryl methyl sites for hydroxylation is 1. The molecule has 1 aromatic carbocycles. The molecule has 2 fully saturated rings. The van der Waals surface area contributed by atoms with Gasteiger partial charge >= 0.3 is 5.97 Å². The fourth-order valence-corrected chi connectivity index (χ4v) is 5.03. The Labute approximate surface area is 165 Å². The first-order valence-corrected chi connectivity index (χ1v) is 10.1. The minimum Gasteiger partial charge on any atom is -0.480 e. The number of carboxylic acids is 1. The highest BCUT2D eigenvalue weighted by molar-refractivity contribution is 5.86. The van der Waals surface area contributed by atoms with Crippen LogP contribution in [-0.4, -0.2) is 43.7 Å². The molecule has 3 unspecified atom stereocenters. The summed E-state index contributed by atoms with van der Waals surface area (Å²) in [4.78, 5) is 26.8. The van der Waals surface area contributed by atoms with Crippen LogP contribution in [0.3, 0.4) is 0 Å². The van der Waals surface area contributed by atoms with Crippen molar-refractivity contribution in [3.8, 4) is 5.69 Å². The number of carboxylic acid groups (broad SMARTS) is 1. The van der Waals surface area contributed by atoms with Crippen molar-refractivity contribution in [3.63, 3.8) is 0 Å². The first-order chi connectivity index (χ1) is 13.5. The van der Waals surface area contributed by atoms with Crippen molar-refractivity contribution in [2.45, 2.75) is 64.5 Å². The molecule has 0 spiro atoms. The maximum atomic E-state index is 13.3. The molecule has 2 heterocycles. The van der Waals surface area contributed by atoms with Crippen LogP contribution >= 0.6 is 0 Å². The molecule has 148 valence electrons. The van der Waals surface area contributed by atoms with E-state index in [-0.39, 0.29) is 18.4 Å². The van der Waals surface area contributed by atoms with Gasteiger partial charge in [-0.3, -0.25) is 4.79 Å². The number of hydrogen-bond donors (Lipinski definition) is 1. The van der Waals surface area contributed by atoms with E-state index < -0.39 is 12.0 Å². The molecule has 0 radical (unpaired) electrons. The maximum Gasteiger partial charge on any atom is 0.326 e.